The summed E-state index contributed by atoms with van der Waals surface area (Å²) in [7, 11) is 4.06. The Kier molecular flexibility index (Phi) is 38.4. The Bertz CT molecular complexity index is 6010. The molecule has 14 N–H and O–H groups in total. The molecule has 2 unspecified atom stereocenters. The minimum Gasteiger partial charge on any atom is -0.493 e. The van der Waals surface area contributed by atoms with Crippen LogP contribution in [0.5, 0.6) is 34.5 Å². The number of aryl methyl sites for hydroxylation is 1. The third-order valence-corrected chi connectivity index (χ3v) is 25.5. The number of carbonyl (C=O) groups excluding carboxylic acids is 9. The summed E-state index contributed by atoms with van der Waals surface area (Å²) in [4.78, 5) is 158. The fourth-order valence-corrected chi connectivity index (χ4v) is 17.8. The number of aliphatic hydroxyl groups is 8. The quantitative estimate of drug-likeness (QED) is 0.0193. The summed E-state index contributed by atoms with van der Waals surface area (Å²) in [6.07, 6.45) is -24.7. The first-order valence-electron chi connectivity index (χ1n) is 48.5. The van der Waals surface area contributed by atoms with Crippen molar-refractivity contribution < 1.29 is 175 Å². The monoisotopic (exact) mass is 2080 g/mol. The van der Waals surface area contributed by atoms with Crippen LogP contribution in [0.4, 0.5) is 26.7 Å². The van der Waals surface area contributed by atoms with E-state index in [1.807, 2.05) is 55.5 Å². The van der Waals surface area contributed by atoms with Gasteiger partial charge in [0.25, 0.3) is 23.6 Å². The lowest BCUT2D eigenvalue weighted by atomic mass is 9.96. The number of methoxy groups -OCH3 is 3. The van der Waals surface area contributed by atoms with Gasteiger partial charge < -0.3 is 158 Å². The van der Waals surface area contributed by atoms with Crippen molar-refractivity contribution >= 4 is 82.5 Å². The van der Waals surface area contributed by atoms with E-state index in [9.17, 15) is 104 Å². The number of carbonyl (C=O) groups is 11. The first kappa shape index (κ1) is 111. The van der Waals surface area contributed by atoms with E-state index in [0.29, 0.717) is 54.9 Å². The average Bonchev–Trinajstić information content (AvgIpc) is 1.64. The number of anilines is 3. The summed E-state index contributed by atoms with van der Waals surface area (Å²) in [5.74, 6) is -7.45. The SMILES string of the molecule is C=C1C[C@H]2C(O)N(C(=O)OCc3ccc(O[C@@H]4O[C@H](C(=O)O)[C@@H](O)[C@H](O)[C@H]4O)c(C(=O)NCCCNC(=O)CCOCCOCCOCCOCCC(=O)NCCC(=O)N4Cc5ccccc5-c5nn(CC)nc5-c5ccccc54)c3)c3cc(OCCCCCOc4cc5c(cc4OC)C(=O)N4CC(=C)C[C@H]4C(O)N5C(=O)OCc4ccc(O[C@@H]5O[C@H](C(=O)O)[C@@H](O)[C@H](O)[C@H]5O)c(C(=O)NCCOC)c4)c(OC)cc3C(=O)N2C1. The second kappa shape index (κ2) is 51.7. The van der Waals surface area contributed by atoms with E-state index < -0.39 is 147 Å². The Balaban J connectivity index is 0.537. The Morgan fingerprint density at radius 1 is 0.436 bits per heavy atom. The second-order valence-electron chi connectivity index (χ2n) is 35.7. The average molecular weight is 2080 g/mol. The van der Waals surface area contributed by atoms with Gasteiger partial charge >= 0.3 is 24.1 Å². The minimum atomic E-state index is -2.09. The highest BCUT2D eigenvalue weighted by molar-refractivity contribution is 6.08. The number of hydrogen-bond acceptors (Lipinski definition) is 36. The van der Waals surface area contributed by atoms with Gasteiger partial charge in [-0.3, -0.25) is 33.6 Å². The zero-order valence-electron chi connectivity index (χ0n) is 82.3. The minimum absolute atomic E-state index is 0.00355. The van der Waals surface area contributed by atoms with Crippen molar-refractivity contribution in [2.75, 3.05) is 148 Å². The van der Waals surface area contributed by atoms with Crippen LogP contribution in [-0.2, 0) is 92.9 Å². The number of aromatic nitrogens is 3. The van der Waals surface area contributed by atoms with Gasteiger partial charge in [0, 0.05) is 88.9 Å². The van der Waals surface area contributed by atoms with Gasteiger partial charge in [0.2, 0.25) is 30.3 Å². The second-order valence-corrected chi connectivity index (χ2v) is 35.7. The molecule has 0 saturated carbocycles. The molecule has 6 aromatic carbocycles. The molecule has 7 aromatic rings. The summed E-state index contributed by atoms with van der Waals surface area (Å²) in [5.41, 5.74) is 5.13. The molecule has 0 aliphatic carbocycles. The Hall–Kier alpha value is -14.1. The van der Waals surface area contributed by atoms with Crippen molar-refractivity contribution in [2.24, 2.45) is 0 Å². The first-order chi connectivity index (χ1) is 71.8. The highest BCUT2D eigenvalue weighted by Crippen LogP contribution is 2.47. The lowest BCUT2D eigenvalue weighted by molar-refractivity contribution is -0.271. The molecular formula is C101H122N12O36. The van der Waals surface area contributed by atoms with Gasteiger partial charge in [0.15, 0.2) is 47.7 Å². The molecule has 4 fully saturated rings. The predicted octanol–water partition coefficient (Wildman–Crippen LogP) is 2.82. The van der Waals surface area contributed by atoms with Gasteiger partial charge in [-0.2, -0.15) is 15.0 Å². The van der Waals surface area contributed by atoms with E-state index in [1.165, 1.54) is 91.8 Å². The van der Waals surface area contributed by atoms with Crippen molar-refractivity contribution in [3.63, 3.8) is 0 Å². The number of nitrogens with one attached hydrogen (secondary N) is 4. The van der Waals surface area contributed by atoms with Crippen LogP contribution in [-0.4, -0.2) is 361 Å². The normalized spacial score (nSPS) is 21.7. The number of hydrogen-bond donors (Lipinski definition) is 14. The van der Waals surface area contributed by atoms with Gasteiger partial charge in [-0.05, 0) is 105 Å². The van der Waals surface area contributed by atoms with Crippen molar-refractivity contribution in [1.82, 2.24) is 46.1 Å². The van der Waals surface area contributed by atoms with Crippen LogP contribution in [0.2, 0.25) is 0 Å². The molecule has 14 rings (SSSR count). The van der Waals surface area contributed by atoms with E-state index in [4.69, 9.17) is 81.3 Å². The predicted molar refractivity (Wildman–Crippen MR) is 520 cm³/mol. The molecule has 48 heteroatoms. The molecule has 9 amide bonds. The molecule has 7 aliphatic rings. The van der Waals surface area contributed by atoms with E-state index >= 15 is 0 Å². The maximum Gasteiger partial charge on any atom is 0.416 e. The summed E-state index contributed by atoms with van der Waals surface area (Å²) >= 11 is 0. The zero-order chi connectivity index (χ0) is 106. The molecule has 149 heavy (non-hydrogen) atoms. The number of aliphatic carboxylic acids is 2. The summed E-state index contributed by atoms with van der Waals surface area (Å²) in [6.45, 7) is 11.5. The van der Waals surface area contributed by atoms with E-state index in [-0.39, 0.29) is 247 Å². The molecule has 48 nitrogen and oxygen atoms in total. The number of para-hydroxylation sites is 1. The molecule has 8 heterocycles. The van der Waals surface area contributed by atoms with Crippen molar-refractivity contribution in [2.45, 2.75) is 177 Å². The number of unbranched alkanes of at least 4 members (excludes halogenated alkanes) is 2. The Morgan fingerprint density at radius 2 is 0.879 bits per heavy atom. The van der Waals surface area contributed by atoms with Gasteiger partial charge in [-0.25, -0.2) is 29.0 Å². The highest BCUT2D eigenvalue weighted by Gasteiger charge is 2.53. The molecule has 14 atom stereocenters. The fourth-order valence-electron chi connectivity index (χ4n) is 17.8. The Morgan fingerprint density at radius 3 is 1.35 bits per heavy atom. The number of rotatable bonds is 48. The molecule has 802 valence electrons. The Labute approximate surface area is 854 Å². The van der Waals surface area contributed by atoms with Gasteiger partial charge in [0.05, 0.1) is 151 Å². The third kappa shape index (κ3) is 26.6. The number of carboxylic acids is 2. The van der Waals surface area contributed by atoms with Crippen LogP contribution in [0, 0.1) is 0 Å². The maximum absolute atomic E-state index is 14.8. The van der Waals surface area contributed by atoms with Crippen LogP contribution in [0.1, 0.15) is 123 Å². The van der Waals surface area contributed by atoms with Gasteiger partial charge in [0.1, 0.15) is 72.7 Å². The van der Waals surface area contributed by atoms with Crippen molar-refractivity contribution in [1.29, 1.82) is 0 Å². The lowest BCUT2D eigenvalue weighted by Crippen LogP contribution is -2.61. The summed E-state index contributed by atoms with van der Waals surface area (Å²) < 4.78 is 85.5. The summed E-state index contributed by atoms with van der Waals surface area (Å²) in [5, 5.41) is 128. The van der Waals surface area contributed by atoms with Gasteiger partial charge in [-0.15, -0.1) is 0 Å². The van der Waals surface area contributed by atoms with Crippen molar-refractivity contribution in [3.8, 4) is 57.0 Å². The number of fused-ring (bicyclic) bond motifs is 9. The summed E-state index contributed by atoms with van der Waals surface area (Å²) in [6, 6.07) is 26.3. The molecule has 0 spiro atoms. The van der Waals surface area contributed by atoms with E-state index in [2.05, 4.69) is 34.4 Å². The van der Waals surface area contributed by atoms with E-state index in [0.717, 1.165) is 32.2 Å². The third-order valence-electron chi connectivity index (χ3n) is 25.5. The van der Waals surface area contributed by atoms with Crippen LogP contribution >= 0.6 is 0 Å². The zero-order valence-corrected chi connectivity index (χ0v) is 82.3. The molecule has 0 bridgehead atoms. The van der Waals surface area contributed by atoms with Crippen molar-refractivity contribution in [3.05, 3.63) is 172 Å². The maximum atomic E-state index is 14.8. The van der Waals surface area contributed by atoms with Crippen LogP contribution in [0.25, 0.3) is 22.5 Å². The fraction of sp³-hybridized carbons (Fsp3) is 0.475. The number of benzene rings is 6. The number of nitrogens with zero attached hydrogens (tertiary/aromatic N) is 8. The standard InChI is InChI=1S/C101H122N12O36/c1-7-111-106-80-60-17-10-9-16-59(60)52-108(66-19-12-11-18-61(66)81(80)107-111)79(116)24-29-103-78(115)26-34-139-37-39-141-41-40-140-38-36-138-33-25-77(114)102-27-15-28-104-90(123)64-44-57(20-22-71(64)146-98-86(121)82(117)84(119)88(148-98)96(129)130)53-144-100(133)112-67-48-75(73(136-5)46-62(67)92(125)109-50-55(2)42-69(109)94(112)127)142-31-13-8-14-32-143-76-49-68-63(47-74(76)137-6)93(126)110-51-56(3)43-70(110)95(128)113(68)101(134)145-54-58-21-23-72(65(45-58)91(124)105-30-35-135-4)147-99-87(122)83(118)85(120)89(149-99)97(131)132/h9-12,16-23,44-49,69-70,82-89,94-95,98-99,117-122,127-128H,2-3,7-8,13-15,24-43,50-54H2,1,4-6H3,(H,102,114)(H,103,115)(H,104,123)(H,105,124)(H,129,130)(H,131,132)/t69-,70-,82-,83-,84-,85-,86+,87+,88-,89-,94?,95?,98+,99+/m0/s1. The van der Waals surface area contributed by atoms with Crippen LogP contribution in [0.15, 0.2) is 133 Å². The number of amides is 9. The van der Waals surface area contributed by atoms with Crippen LogP contribution < -0.4 is 64.4 Å². The smallest absolute Gasteiger partial charge is 0.416 e. The molecular weight excluding hydrogens is 1960 g/mol. The topological polar surface area (TPSA) is 624 Å². The molecule has 0 radical (unpaired) electrons. The molecule has 7 aliphatic heterocycles. The number of ether oxygens (including phenoxy) is 15. The first-order valence-corrected chi connectivity index (χ1v) is 48.5. The number of aliphatic hydroxyl groups excluding tert-OH is 8. The largest absolute Gasteiger partial charge is 0.493 e. The highest BCUT2D eigenvalue weighted by atomic mass is 16.7. The van der Waals surface area contributed by atoms with Crippen LogP contribution in [0.3, 0.4) is 0 Å². The number of carboxylic acid groups (broad SMARTS) is 2. The molecule has 4 saturated heterocycles. The lowest BCUT2D eigenvalue weighted by Gasteiger charge is -2.38. The molecule has 1 aromatic heterocycles. The van der Waals surface area contributed by atoms with Gasteiger partial charge in [-0.1, -0.05) is 78.9 Å². The van der Waals surface area contributed by atoms with E-state index in [1.54, 1.807) is 9.70 Å².